The van der Waals surface area contributed by atoms with Crippen molar-refractivity contribution in [3.05, 3.63) is 80.5 Å². The molecule has 1 unspecified atom stereocenters. The molecule has 0 spiro atoms. The highest BCUT2D eigenvalue weighted by atomic mass is 35.5. The lowest BCUT2D eigenvalue weighted by molar-refractivity contribution is -0.132. The van der Waals surface area contributed by atoms with Crippen molar-refractivity contribution in [1.82, 2.24) is 0 Å². The number of benzene rings is 2. The van der Waals surface area contributed by atoms with Crippen molar-refractivity contribution in [2.75, 3.05) is 30.0 Å². The van der Waals surface area contributed by atoms with Crippen LogP contribution in [0.3, 0.4) is 0 Å². The molecule has 0 saturated carbocycles. The Balaban J connectivity index is 1.69. The molecule has 0 aliphatic carbocycles. The van der Waals surface area contributed by atoms with Gasteiger partial charge in [-0.15, -0.1) is 11.3 Å². The minimum atomic E-state index is -0.740. The van der Waals surface area contributed by atoms with Gasteiger partial charge in [0.1, 0.15) is 24.2 Å². The van der Waals surface area contributed by atoms with Crippen LogP contribution in [0.1, 0.15) is 22.0 Å². The van der Waals surface area contributed by atoms with Gasteiger partial charge in [-0.25, -0.2) is 0 Å². The second-order valence-electron chi connectivity index (χ2n) is 8.07. The van der Waals surface area contributed by atoms with Crippen molar-refractivity contribution in [2.24, 2.45) is 0 Å². The molecule has 2 aliphatic heterocycles. The molecule has 1 atom stereocenters. The summed E-state index contributed by atoms with van der Waals surface area (Å²) in [6.45, 7) is 3.23. The predicted octanol–water partition coefficient (Wildman–Crippen LogP) is 5.16. The Kier molecular flexibility index (Phi) is 5.38. The van der Waals surface area contributed by atoms with E-state index in [4.69, 9.17) is 16.3 Å². The molecule has 1 aromatic heterocycles. The molecule has 33 heavy (non-hydrogen) atoms. The van der Waals surface area contributed by atoms with Crippen LogP contribution in [0.5, 0.6) is 5.75 Å². The number of aliphatic hydroxyl groups excluding tert-OH is 1. The van der Waals surface area contributed by atoms with Crippen LogP contribution in [0.25, 0.3) is 5.76 Å². The summed E-state index contributed by atoms with van der Waals surface area (Å²) in [7, 11) is 1.94. The second kappa shape index (κ2) is 8.24. The van der Waals surface area contributed by atoms with Gasteiger partial charge in [0.25, 0.3) is 11.7 Å². The fourth-order valence-electron chi connectivity index (χ4n) is 4.27. The molecule has 1 saturated heterocycles. The third kappa shape index (κ3) is 3.57. The lowest BCUT2D eigenvalue weighted by atomic mass is 9.97. The number of ether oxygens (including phenoxy) is 1. The summed E-state index contributed by atoms with van der Waals surface area (Å²) >= 11 is 7.49. The number of amides is 1. The number of carbonyl (C=O) groups is 2. The number of fused-ring (bicyclic) bond motifs is 1. The summed E-state index contributed by atoms with van der Waals surface area (Å²) in [5.41, 5.74) is 2.83. The van der Waals surface area contributed by atoms with E-state index in [0.29, 0.717) is 35.2 Å². The fourth-order valence-corrected chi connectivity index (χ4v) is 5.42. The molecule has 0 radical (unpaired) electrons. The average Bonchev–Trinajstić information content (AvgIpc) is 3.34. The Morgan fingerprint density at radius 3 is 2.61 bits per heavy atom. The smallest absolute Gasteiger partial charge is 0.300 e. The molecule has 2 aromatic carbocycles. The highest BCUT2D eigenvalue weighted by Crippen LogP contribution is 2.45. The maximum absolute atomic E-state index is 13.3. The van der Waals surface area contributed by atoms with Gasteiger partial charge in [0, 0.05) is 28.2 Å². The highest BCUT2D eigenvalue weighted by molar-refractivity contribution is 7.10. The quantitative estimate of drug-likeness (QED) is 0.318. The summed E-state index contributed by atoms with van der Waals surface area (Å²) < 4.78 is 5.69. The van der Waals surface area contributed by atoms with Crippen LogP contribution in [0, 0.1) is 6.92 Å². The molecule has 168 valence electrons. The van der Waals surface area contributed by atoms with Gasteiger partial charge in [-0.05, 0) is 66.4 Å². The van der Waals surface area contributed by atoms with Gasteiger partial charge in [0.15, 0.2) is 0 Å². The predicted molar refractivity (Wildman–Crippen MR) is 130 cm³/mol. The van der Waals surface area contributed by atoms with E-state index in [9.17, 15) is 14.7 Å². The number of rotatable bonds is 3. The minimum Gasteiger partial charge on any atom is -0.507 e. The number of aryl methyl sites for hydroxylation is 1. The lowest BCUT2D eigenvalue weighted by Crippen LogP contribution is -2.29. The van der Waals surface area contributed by atoms with E-state index in [2.05, 4.69) is 0 Å². The largest absolute Gasteiger partial charge is 0.507 e. The lowest BCUT2D eigenvalue weighted by Gasteiger charge is -2.28. The number of carbonyl (C=O) groups excluding carboxylic acids is 2. The zero-order valence-corrected chi connectivity index (χ0v) is 19.6. The molecule has 8 heteroatoms. The monoisotopic (exact) mass is 480 g/mol. The first kappa shape index (κ1) is 21.6. The SMILES string of the molecule is Cc1ccsc1C1/C(=C(/O)c2ccc3c(c2)N(C)CCO3)C(=O)C(=O)N1c1ccc(Cl)cc1. The molecule has 1 N–H and O–H groups in total. The van der Waals surface area contributed by atoms with Gasteiger partial charge in [-0.3, -0.25) is 14.5 Å². The van der Waals surface area contributed by atoms with Gasteiger partial charge in [0.05, 0.1) is 17.8 Å². The number of ketones is 1. The summed E-state index contributed by atoms with van der Waals surface area (Å²) in [6, 6.07) is 13.2. The first-order chi connectivity index (χ1) is 15.9. The summed E-state index contributed by atoms with van der Waals surface area (Å²) in [6.07, 6.45) is 0. The van der Waals surface area contributed by atoms with Crippen molar-refractivity contribution in [3.63, 3.8) is 0 Å². The van der Waals surface area contributed by atoms with Crippen molar-refractivity contribution in [3.8, 4) is 5.75 Å². The highest BCUT2D eigenvalue weighted by Gasteiger charge is 2.48. The van der Waals surface area contributed by atoms with E-state index >= 15 is 0 Å². The molecule has 2 aliphatic rings. The second-order valence-corrected chi connectivity index (χ2v) is 9.45. The Morgan fingerprint density at radius 1 is 1.15 bits per heavy atom. The van der Waals surface area contributed by atoms with Crippen molar-refractivity contribution in [2.45, 2.75) is 13.0 Å². The van der Waals surface area contributed by atoms with Gasteiger partial charge in [0.2, 0.25) is 0 Å². The normalized spacial score (nSPS) is 19.5. The molecule has 5 rings (SSSR count). The van der Waals surface area contributed by atoms with Gasteiger partial charge in [-0.1, -0.05) is 11.6 Å². The van der Waals surface area contributed by atoms with E-state index < -0.39 is 17.7 Å². The van der Waals surface area contributed by atoms with Crippen LogP contribution in [-0.2, 0) is 9.59 Å². The maximum atomic E-state index is 13.3. The zero-order chi connectivity index (χ0) is 23.3. The first-order valence-corrected chi connectivity index (χ1v) is 11.7. The molecule has 1 fully saturated rings. The van der Waals surface area contributed by atoms with E-state index in [-0.39, 0.29) is 11.3 Å². The number of likely N-dealkylation sites (N-methyl/N-ethyl adjacent to an activating group) is 1. The molecule has 6 nitrogen and oxygen atoms in total. The van der Waals surface area contributed by atoms with Crippen LogP contribution < -0.4 is 14.5 Å². The number of anilines is 2. The number of hydrogen-bond acceptors (Lipinski definition) is 6. The Labute approximate surface area is 200 Å². The molecular formula is C25H21ClN2O4S. The fraction of sp³-hybridized carbons (Fsp3) is 0.200. The van der Waals surface area contributed by atoms with Gasteiger partial charge in [-0.2, -0.15) is 0 Å². The number of aliphatic hydroxyl groups is 1. The van der Waals surface area contributed by atoms with Crippen LogP contribution in [-0.4, -0.2) is 37.0 Å². The molecular weight excluding hydrogens is 460 g/mol. The van der Waals surface area contributed by atoms with Crippen molar-refractivity contribution in [1.29, 1.82) is 0 Å². The average molecular weight is 481 g/mol. The van der Waals surface area contributed by atoms with Crippen molar-refractivity contribution >= 4 is 51.8 Å². The van der Waals surface area contributed by atoms with E-state index in [1.54, 1.807) is 42.5 Å². The standard InChI is InChI=1S/C25H21ClN2O4S/c1-14-9-12-33-24(14)21-20(23(30)25(31)28(21)17-6-4-16(26)5-7-17)22(29)15-3-8-19-18(13-15)27(2)10-11-32-19/h3-9,12-13,21,29H,10-11H2,1-2H3/b22-20-. The topological polar surface area (TPSA) is 70.1 Å². The minimum absolute atomic E-state index is 0.0693. The van der Waals surface area contributed by atoms with Crippen LogP contribution in [0.2, 0.25) is 5.02 Å². The van der Waals surface area contributed by atoms with Gasteiger partial charge < -0.3 is 14.7 Å². The third-order valence-electron chi connectivity index (χ3n) is 6.03. The zero-order valence-electron chi connectivity index (χ0n) is 18.0. The summed E-state index contributed by atoms with van der Waals surface area (Å²) in [5.74, 6) is -0.894. The number of halogens is 1. The Bertz CT molecular complexity index is 1300. The number of nitrogens with zero attached hydrogens (tertiary/aromatic N) is 2. The van der Waals surface area contributed by atoms with Crippen LogP contribution in [0.15, 0.2) is 59.5 Å². The number of hydrogen-bond donors (Lipinski definition) is 1. The Morgan fingerprint density at radius 2 is 1.91 bits per heavy atom. The summed E-state index contributed by atoms with van der Waals surface area (Å²) in [5, 5.41) is 13.8. The van der Waals surface area contributed by atoms with Crippen molar-refractivity contribution < 1.29 is 19.4 Å². The number of Topliss-reactive ketones (excluding diaryl/α,β-unsaturated/α-hetero) is 1. The Hall–Kier alpha value is -3.29. The van der Waals surface area contributed by atoms with E-state index in [1.165, 1.54) is 16.2 Å². The van der Waals surface area contributed by atoms with E-state index in [0.717, 1.165) is 16.1 Å². The van der Waals surface area contributed by atoms with Gasteiger partial charge >= 0.3 is 0 Å². The van der Waals surface area contributed by atoms with Crippen LogP contribution >= 0.6 is 22.9 Å². The number of thiophene rings is 1. The maximum Gasteiger partial charge on any atom is 0.300 e. The van der Waals surface area contributed by atoms with Crippen LogP contribution in [0.4, 0.5) is 11.4 Å². The molecule has 1 amide bonds. The third-order valence-corrected chi connectivity index (χ3v) is 7.35. The summed E-state index contributed by atoms with van der Waals surface area (Å²) in [4.78, 5) is 30.8. The molecule has 3 heterocycles. The van der Waals surface area contributed by atoms with E-state index in [1.807, 2.05) is 30.3 Å². The first-order valence-electron chi connectivity index (χ1n) is 10.5. The molecule has 0 bridgehead atoms. The molecule has 3 aromatic rings.